The largest absolute Gasteiger partial charge is 0.490 e. The van der Waals surface area contributed by atoms with Crippen LogP contribution in [0.15, 0.2) is 76.4 Å². The highest BCUT2D eigenvalue weighted by Crippen LogP contribution is 2.28. The molecule has 0 bridgehead atoms. The summed E-state index contributed by atoms with van der Waals surface area (Å²) in [6, 6.07) is 18.6. The van der Waals surface area contributed by atoms with Gasteiger partial charge in [0.05, 0.1) is 19.1 Å². The zero-order chi connectivity index (χ0) is 18.9. The van der Waals surface area contributed by atoms with E-state index in [9.17, 15) is 4.79 Å². The Morgan fingerprint density at radius 2 is 1.93 bits per heavy atom. The zero-order valence-corrected chi connectivity index (χ0v) is 14.9. The van der Waals surface area contributed by atoms with Crippen LogP contribution in [0.25, 0.3) is 0 Å². The molecule has 0 spiro atoms. The molecular weight excluding hydrogens is 344 g/mol. The lowest BCUT2D eigenvalue weighted by molar-refractivity contribution is 0.0927. The molecule has 3 rings (SSSR count). The van der Waals surface area contributed by atoms with Crippen molar-refractivity contribution in [3.63, 3.8) is 0 Å². The van der Waals surface area contributed by atoms with Crippen molar-refractivity contribution in [1.82, 2.24) is 5.43 Å². The van der Waals surface area contributed by atoms with Gasteiger partial charge in [0.25, 0.3) is 0 Å². The van der Waals surface area contributed by atoms with Gasteiger partial charge in [0.15, 0.2) is 17.3 Å². The zero-order valence-electron chi connectivity index (χ0n) is 14.9. The van der Waals surface area contributed by atoms with Crippen LogP contribution in [0.4, 0.5) is 0 Å². The number of furan rings is 1. The second kappa shape index (κ2) is 9.24. The highest BCUT2D eigenvalue weighted by molar-refractivity contribution is 5.92. The first-order chi connectivity index (χ1) is 13.3. The number of carbonyl (C=O) groups is 1. The van der Waals surface area contributed by atoms with Crippen molar-refractivity contribution < 1.29 is 18.7 Å². The normalized spacial score (nSPS) is 10.7. The molecule has 1 N–H and O–H groups in total. The van der Waals surface area contributed by atoms with Crippen molar-refractivity contribution >= 4 is 12.1 Å². The molecule has 6 nitrogen and oxygen atoms in total. The van der Waals surface area contributed by atoms with Crippen LogP contribution in [-0.4, -0.2) is 18.7 Å². The van der Waals surface area contributed by atoms with Crippen LogP contribution in [0.2, 0.25) is 0 Å². The van der Waals surface area contributed by atoms with E-state index in [1.54, 1.807) is 12.1 Å². The first-order valence-corrected chi connectivity index (χ1v) is 8.56. The fourth-order valence-corrected chi connectivity index (χ4v) is 2.36. The lowest BCUT2D eigenvalue weighted by atomic mass is 10.2. The number of hydrazone groups is 1. The van der Waals surface area contributed by atoms with Crippen LogP contribution in [0, 0.1) is 0 Å². The summed E-state index contributed by atoms with van der Waals surface area (Å²) in [4.78, 5) is 11.8. The maximum Gasteiger partial charge on any atom is 0.307 e. The minimum atomic E-state index is -0.413. The van der Waals surface area contributed by atoms with Gasteiger partial charge < -0.3 is 13.9 Å². The summed E-state index contributed by atoms with van der Waals surface area (Å²) in [7, 11) is 0. The molecule has 3 aromatic rings. The number of amides is 1. The number of benzene rings is 2. The second-order valence-electron chi connectivity index (χ2n) is 5.59. The highest BCUT2D eigenvalue weighted by atomic mass is 16.5. The van der Waals surface area contributed by atoms with Crippen molar-refractivity contribution in [3.8, 4) is 11.5 Å². The number of ether oxygens (including phenoxy) is 2. The van der Waals surface area contributed by atoms with Crippen LogP contribution >= 0.6 is 0 Å². The van der Waals surface area contributed by atoms with Crippen LogP contribution in [0.3, 0.4) is 0 Å². The third kappa shape index (κ3) is 5.22. The van der Waals surface area contributed by atoms with Crippen molar-refractivity contribution in [3.05, 3.63) is 83.8 Å². The Bertz CT molecular complexity index is 890. The van der Waals surface area contributed by atoms with Crippen LogP contribution in [-0.2, 0) is 6.61 Å². The van der Waals surface area contributed by atoms with E-state index in [-0.39, 0.29) is 5.76 Å². The molecule has 2 aromatic carbocycles. The van der Waals surface area contributed by atoms with Crippen LogP contribution < -0.4 is 14.9 Å². The Hall–Kier alpha value is -3.54. The second-order valence-corrected chi connectivity index (χ2v) is 5.59. The molecule has 1 aromatic heterocycles. The number of carbonyl (C=O) groups excluding carboxylic acids is 1. The molecule has 1 heterocycles. The Balaban J connectivity index is 1.65. The van der Waals surface area contributed by atoms with E-state index in [0.29, 0.717) is 24.7 Å². The van der Waals surface area contributed by atoms with Crippen LogP contribution in [0.1, 0.15) is 28.6 Å². The molecular formula is C21H20N2O4. The van der Waals surface area contributed by atoms with Crippen molar-refractivity contribution in [2.75, 3.05) is 6.61 Å². The van der Waals surface area contributed by atoms with Gasteiger partial charge in [0.1, 0.15) is 6.61 Å². The predicted molar refractivity (Wildman–Crippen MR) is 102 cm³/mol. The molecule has 0 atom stereocenters. The van der Waals surface area contributed by atoms with Gasteiger partial charge in [-0.2, -0.15) is 5.10 Å². The molecule has 138 valence electrons. The van der Waals surface area contributed by atoms with Gasteiger partial charge in [-0.1, -0.05) is 30.3 Å². The first kappa shape index (κ1) is 18.3. The standard InChI is InChI=1S/C21H20N2O4/c1-2-25-20-13-17(14-22-23-21(24)19-9-6-12-26-19)10-11-18(20)27-15-16-7-4-3-5-8-16/h3-14H,2,15H2,1H3,(H,23,24)/b22-14+. The molecule has 27 heavy (non-hydrogen) atoms. The Morgan fingerprint density at radius 3 is 2.67 bits per heavy atom. The number of nitrogens with one attached hydrogen (secondary N) is 1. The molecule has 6 heteroatoms. The van der Waals surface area contributed by atoms with Gasteiger partial charge >= 0.3 is 5.91 Å². The van der Waals surface area contributed by atoms with Crippen molar-refractivity contribution in [2.24, 2.45) is 5.10 Å². The number of hydrogen-bond donors (Lipinski definition) is 1. The molecule has 0 aliphatic carbocycles. The smallest absolute Gasteiger partial charge is 0.307 e. The predicted octanol–water partition coefficient (Wildman–Crippen LogP) is 4.02. The van der Waals surface area contributed by atoms with Gasteiger partial charge in [-0.05, 0) is 48.4 Å². The summed E-state index contributed by atoms with van der Waals surface area (Å²) in [6.07, 6.45) is 2.96. The van der Waals surface area contributed by atoms with E-state index >= 15 is 0 Å². The molecule has 0 saturated carbocycles. The highest BCUT2D eigenvalue weighted by Gasteiger charge is 2.08. The maximum absolute atomic E-state index is 11.8. The first-order valence-electron chi connectivity index (χ1n) is 8.56. The molecule has 0 fully saturated rings. The summed E-state index contributed by atoms with van der Waals surface area (Å²) < 4.78 is 16.5. The monoisotopic (exact) mass is 364 g/mol. The van der Waals surface area contributed by atoms with Gasteiger partial charge in [-0.15, -0.1) is 0 Å². The van der Waals surface area contributed by atoms with Gasteiger partial charge in [-0.3, -0.25) is 4.79 Å². The number of hydrogen-bond acceptors (Lipinski definition) is 5. The third-order valence-electron chi connectivity index (χ3n) is 3.63. The molecule has 0 unspecified atom stereocenters. The Morgan fingerprint density at radius 1 is 1.07 bits per heavy atom. The molecule has 0 saturated heterocycles. The van der Waals surface area contributed by atoms with Gasteiger partial charge in [0.2, 0.25) is 0 Å². The van der Waals surface area contributed by atoms with Crippen LogP contribution in [0.5, 0.6) is 11.5 Å². The lowest BCUT2D eigenvalue weighted by Crippen LogP contribution is -2.16. The fourth-order valence-electron chi connectivity index (χ4n) is 2.36. The number of nitrogens with zero attached hydrogens (tertiary/aromatic N) is 1. The maximum atomic E-state index is 11.8. The van der Waals surface area contributed by atoms with E-state index in [4.69, 9.17) is 13.9 Å². The topological polar surface area (TPSA) is 73.1 Å². The van der Waals surface area contributed by atoms with Crippen molar-refractivity contribution in [2.45, 2.75) is 13.5 Å². The lowest BCUT2D eigenvalue weighted by Gasteiger charge is -2.12. The van der Waals surface area contributed by atoms with Crippen molar-refractivity contribution in [1.29, 1.82) is 0 Å². The van der Waals surface area contributed by atoms with Gasteiger partial charge in [-0.25, -0.2) is 5.43 Å². The summed E-state index contributed by atoms with van der Waals surface area (Å²) in [5, 5.41) is 3.94. The summed E-state index contributed by atoms with van der Waals surface area (Å²) in [6.45, 7) is 2.87. The summed E-state index contributed by atoms with van der Waals surface area (Å²) in [5.74, 6) is 1.06. The fraction of sp³-hybridized carbons (Fsp3) is 0.143. The average molecular weight is 364 g/mol. The minimum absolute atomic E-state index is 0.201. The Kier molecular flexibility index (Phi) is 6.25. The molecule has 0 aliphatic rings. The molecule has 0 radical (unpaired) electrons. The van der Waals surface area contributed by atoms with E-state index in [1.807, 2.05) is 55.5 Å². The quantitative estimate of drug-likeness (QED) is 0.484. The summed E-state index contributed by atoms with van der Waals surface area (Å²) >= 11 is 0. The molecule has 0 aliphatic heterocycles. The third-order valence-corrected chi connectivity index (χ3v) is 3.63. The van der Waals surface area contributed by atoms with E-state index in [2.05, 4.69) is 10.5 Å². The van der Waals surface area contributed by atoms with E-state index < -0.39 is 5.91 Å². The summed E-state index contributed by atoms with van der Waals surface area (Å²) in [5.41, 5.74) is 4.25. The van der Waals surface area contributed by atoms with Gasteiger partial charge in [0, 0.05) is 0 Å². The SMILES string of the molecule is CCOc1cc(/C=N/NC(=O)c2ccco2)ccc1OCc1ccccc1. The minimum Gasteiger partial charge on any atom is -0.490 e. The molecule has 1 amide bonds. The Labute approximate surface area is 157 Å². The average Bonchev–Trinajstić information content (AvgIpc) is 3.23. The van der Waals surface area contributed by atoms with E-state index in [0.717, 1.165) is 11.1 Å². The number of rotatable bonds is 8. The van der Waals surface area contributed by atoms with E-state index in [1.165, 1.54) is 12.5 Å².